The molecule has 0 saturated heterocycles. The van der Waals surface area contributed by atoms with Crippen LogP contribution in [0.2, 0.25) is 10.2 Å². The minimum absolute atomic E-state index is 0.175. The van der Waals surface area contributed by atoms with Crippen molar-refractivity contribution < 1.29 is 4.79 Å². The maximum absolute atomic E-state index is 12.0. The fraction of sp³-hybridized carbons (Fsp3) is 0. The summed E-state index contributed by atoms with van der Waals surface area (Å²) in [6.45, 7) is 0. The van der Waals surface area contributed by atoms with Crippen molar-refractivity contribution in [2.45, 2.75) is 0 Å². The Morgan fingerprint density at radius 1 is 1.28 bits per heavy atom. The smallest absolute Gasteiger partial charge is 0.257 e. The van der Waals surface area contributed by atoms with Crippen molar-refractivity contribution in [3.8, 4) is 0 Å². The van der Waals surface area contributed by atoms with E-state index in [9.17, 15) is 4.79 Å². The van der Waals surface area contributed by atoms with Crippen LogP contribution in [0.25, 0.3) is 0 Å². The molecule has 0 aliphatic heterocycles. The standard InChI is InChI=1S/C12H7BrCl2N2O/c13-8-3-1-2-4-10(8)17-12(18)7-5-9(14)11(15)16-6-7/h1-6H,(H,17,18). The third-order valence-electron chi connectivity index (χ3n) is 2.18. The summed E-state index contributed by atoms with van der Waals surface area (Å²) in [4.78, 5) is 15.8. The van der Waals surface area contributed by atoms with Crippen molar-refractivity contribution in [1.29, 1.82) is 0 Å². The number of amides is 1. The molecule has 2 aromatic rings. The molecule has 2 rings (SSSR count). The van der Waals surface area contributed by atoms with Crippen LogP contribution in [0.3, 0.4) is 0 Å². The number of hydrogen-bond acceptors (Lipinski definition) is 2. The van der Waals surface area contributed by atoms with Gasteiger partial charge in [0.25, 0.3) is 5.91 Å². The summed E-state index contributed by atoms with van der Waals surface area (Å²) in [7, 11) is 0. The first kappa shape index (κ1) is 13.3. The van der Waals surface area contributed by atoms with Crippen LogP contribution in [0.5, 0.6) is 0 Å². The van der Waals surface area contributed by atoms with Gasteiger partial charge in [-0.1, -0.05) is 35.3 Å². The molecule has 6 heteroatoms. The Morgan fingerprint density at radius 3 is 2.67 bits per heavy atom. The summed E-state index contributed by atoms with van der Waals surface area (Å²) in [6, 6.07) is 8.78. The van der Waals surface area contributed by atoms with E-state index < -0.39 is 0 Å². The van der Waals surface area contributed by atoms with Crippen LogP contribution in [-0.4, -0.2) is 10.9 Å². The predicted octanol–water partition coefficient (Wildman–Crippen LogP) is 4.40. The van der Waals surface area contributed by atoms with Gasteiger partial charge < -0.3 is 5.32 Å². The number of rotatable bonds is 2. The number of benzene rings is 1. The summed E-state index contributed by atoms with van der Waals surface area (Å²) in [5.41, 5.74) is 1.02. The Morgan fingerprint density at radius 2 is 2.00 bits per heavy atom. The zero-order valence-corrected chi connectivity index (χ0v) is 12.1. The fourth-order valence-corrected chi connectivity index (χ4v) is 1.96. The van der Waals surface area contributed by atoms with Gasteiger partial charge in [-0.15, -0.1) is 0 Å². The molecule has 0 unspecified atom stereocenters. The van der Waals surface area contributed by atoms with Gasteiger partial charge in [0.05, 0.1) is 16.3 Å². The Hall–Kier alpha value is -1.10. The second-order valence-corrected chi connectivity index (χ2v) is 5.05. The number of para-hydroxylation sites is 1. The quantitative estimate of drug-likeness (QED) is 0.819. The number of nitrogens with zero attached hydrogens (tertiary/aromatic N) is 1. The van der Waals surface area contributed by atoms with Gasteiger partial charge in [-0.2, -0.15) is 0 Å². The number of halogens is 3. The maximum Gasteiger partial charge on any atom is 0.257 e. The molecule has 1 aromatic heterocycles. The first-order valence-corrected chi connectivity index (χ1v) is 6.50. The molecule has 3 nitrogen and oxygen atoms in total. The molecule has 0 bridgehead atoms. The summed E-state index contributed by atoms with van der Waals surface area (Å²) in [6.07, 6.45) is 1.38. The van der Waals surface area contributed by atoms with Crippen molar-refractivity contribution in [2.24, 2.45) is 0 Å². The molecule has 0 saturated carbocycles. The van der Waals surface area contributed by atoms with Crippen LogP contribution >= 0.6 is 39.1 Å². The average Bonchev–Trinajstić information content (AvgIpc) is 2.35. The molecule has 92 valence electrons. The van der Waals surface area contributed by atoms with Crippen LogP contribution in [0, 0.1) is 0 Å². The first-order chi connectivity index (χ1) is 8.58. The van der Waals surface area contributed by atoms with Gasteiger partial charge in [0, 0.05) is 10.7 Å². The molecule has 0 aliphatic rings. The molecular formula is C12H7BrCl2N2O. The van der Waals surface area contributed by atoms with E-state index in [0.29, 0.717) is 11.3 Å². The summed E-state index contributed by atoms with van der Waals surface area (Å²) < 4.78 is 0.798. The molecule has 0 spiro atoms. The summed E-state index contributed by atoms with van der Waals surface area (Å²) in [5, 5.41) is 3.17. The zero-order valence-electron chi connectivity index (χ0n) is 8.95. The third-order valence-corrected chi connectivity index (χ3v) is 3.56. The second kappa shape index (κ2) is 5.69. The van der Waals surface area contributed by atoms with Gasteiger partial charge in [-0.25, -0.2) is 4.98 Å². The molecule has 0 fully saturated rings. The normalized spacial score (nSPS) is 10.2. The van der Waals surface area contributed by atoms with Gasteiger partial charge in [0.1, 0.15) is 5.15 Å². The van der Waals surface area contributed by atoms with Gasteiger partial charge >= 0.3 is 0 Å². The van der Waals surface area contributed by atoms with E-state index in [1.54, 1.807) is 6.07 Å². The highest BCUT2D eigenvalue weighted by Gasteiger charge is 2.10. The van der Waals surface area contributed by atoms with E-state index in [2.05, 4.69) is 26.2 Å². The van der Waals surface area contributed by atoms with Gasteiger partial charge in [-0.3, -0.25) is 4.79 Å². The highest BCUT2D eigenvalue weighted by Crippen LogP contribution is 2.23. The Labute approximate surface area is 122 Å². The van der Waals surface area contributed by atoms with E-state index in [1.807, 2.05) is 18.2 Å². The Bertz CT molecular complexity index is 604. The second-order valence-electron chi connectivity index (χ2n) is 3.43. The lowest BCUT2D eigenvalue weighted by Crippen LogP contribution is -2.12. The van der Waals surface area contributed by atoms with Crippen LogP contribution in [0.15, 0.2) is 41.0 Å². The minimum Gasteiger partial charge on any atom is -0.321 e. The fourth-order valence-electron chi connectivity index (χ4n) is 1.30. The highest BCUT2D eigenvalue weighted by molar-refractivity contribution is 9.10. The Balaban J connectivity index is 2.22. The zero-order chi connectivity index (χ0) is 13.1. The molecule has 1 aromatic carbocycles. The largest absolute Gasteiger partial charge is 0.321 e. The number of hydrogen-bond donors (Lipinski definition) is 1. The van der Waals surface area contributed by atoms with E-state index in [1.165, 1.54) is 12.3 Å². The lowest BCUT2D eigenvalue weighted by molar-refractivity contribution is 0.102. The predicted molar refractivity (Wildman–Crippen MR) is 76.4 cm³/mol. The molecule has 0 atom stereocenters. The summed E-state index contributed by atoms with van der Waals surface area (Å²) in [5.74, 6) is -0.298. The highest BCUT2D eigenvalue weighted by atomic mass is 79.9. The van der Waals surface area contributed by atoms with E-state index in [4.69, 9.17) is 23.2 Å². The number of anilines is 1. The average molecular weight is 346 g/mol. The van der Waals surface area contributed by atoms with Crippen molar-refractivity contribution in [3.05, 3.63) is 56.7 Å². The van der Waals surface area contributed by atoms with Crippen molar-refractivity contribution >= 4 is 50.7 Å². The first-order valence-electron chi connectivity index (χ1n) is 4.95. The molecule has 1 heterocycles. The lowest BCUT2D eigenvalue weighted by Gasteiger charge is -2.07. The molecule has 0 aliphatic carbocycles. The number of pyridine rings is 1. The third kappa shape index (κ3) is 3.02. The van der Waals surface area contributed by atoms with Crippen molar-refractivity contribution in [2.75, 3.05) is 5.32 Å². The van der Waals surface area contributed by atoms with E-state index in [-0.39, 0.29) is 16.1 Å². The van der Waals surface area contributed by atoms with E-state index in [0.717, 1.165) is 4.47 Å². The Kier molecular flexibility index (Phi) is 4.22. The van der Waals surface area contributed by atoms with Crippen molar-refractivity contribution in [1.82, 2.24) is 4.98 Å². The monoisotopic (exact) mass is 344 g/mol. The molecule has 1 N–H and O–H groups in total. The van der Waals surface area contributed by atoms with Crippen molar-refractivity contribution in [3.63, 3.8) is 0 Å². The topological polar surface area (TPSA) is 42.0 Å². The van der Waals surface area contributed by atoms with Crippen LogP contribution < -0.4 is 5.32 Å². The molecule has 0 radical (unpaired) electrons. The van der Waals surface area contributed by atoms with E-state index >= 15 is 0 Å². The van der Waals surface area contributed by atoms with Gasteiger partial charge in [0.2, 0.25) is 0 Å². The number of carbonyl (C=O) groups is 1. The van der Waals surface area contributed by atoms with Gasteiger partial charge in [-0.05, 0) is 34.1 Å². The van der Waals surface area contributed by atoms with Crippen LogP contribution in [-0.2, 0) is 0 Å². The minimum atomic E-state index is -0.298. The number of nitrogens with one attached hydrogen (secondary N) is 1. The SMILES string of the molecule is O=C(Nc1ccccc1Br)c1cnc(Cl)c(Cl)c1. The van der Waals surface area contributed by atoms with Crippen LogP contribution in [0.1, 0.15) is 10.4 Å². The molecule has 1 amide bonds. The summed E-state index contributed by atoms with van der Waals surface area (Å²) >= 11 is 14.8. The molecular weight excluding hydrogens is 339 g/mol. The lowest BCUT2D eigenvalue weighted by atomic mass is 10.2. The van der Waals surface area contributed by atoms with Crippen LogP contribution in [0.4, 0.5) is 5.69 Å². The number of aromatic nitrogens is 1. The van der Waals surface area contributed by atoms with Gasteiger partial charge in [0.15, 0.2) is 0 Å². The molecule has 18 heavy (non-hydrogen) atoms. The maximum atomic E-state index is 12.0. The number of carbonyl (C=O) groups excluding carboxylic acids is 1.